The lowest BCUT2D eigenvalue weighted by Gasteiger charge is -2.06. The van der Waals surface area contributed by atoms with Crippen molar-refractivity contribution >= 4 is 28.6 Å². The van der Waals surface area contributed by atoms with Crippen LogP contribution in [0.15, 0.2) is 41.8 Å². The lowest BCUT2D eigenvalue weighted by molar-refractivity contribution is 0.0958. The van der Waals surface area contributed by atoms with E-state index in [-0.39, 0.29) is 5.91 Å². The lowest BCUT2D eigenvalue weighted by Crippen LogP contribution is -2.24. The van der Waals surface area contributed by atoms with Crippen molar-refractivity contribution in [3.05, 3.63) is 62.2 Å². The standard InChI is InChI=1S/C21H22N2OS2/c24-21(20-16(12-14-25-20)15-7-2-1-3-8-15)22-13-6-11-19-23-17-9-4-5-10-18(17)26-19/h1-3,7-8,12,14H,4-6,9-11,13H2,(H,22,24). The van der Waals surface area contributed by atoms with Gasteiger partial charge in [0.1, 0.15) is 0 Å². The van der Waals surface area contributed by atoms with Gasteiger partial charge in [-0.3, -0.25) is 4.79 Å². The van der Waals surface area contributed by atoms with Crippen molar-refractivity contribution in [1.82, 2.24) is 10.3 Å². The van der Waals surface area contributed by atoms with Crippen molar-refractivity contribution < 1.29 is 4.79 Å². The van der Waals surface area contributed by atoms with Crippen molar-refractivity contribution in [1.29, 1.82) is 0 Å². The van der Waals surface area contributed by atoms with Crippen LogP contribution in [0.5, 0.6) is 0 Å². The van der Waals surface area contributed by atoms with Gasteiger partial charge in [-0.15, -0.1) is 22.7 Å². The van der Waals surface area contributed by atoms with Gasteiger partial charge in [-0.05, 0) is 49.1 Å². The van der Waals surface area contributed by atoms with Crippen LogP contribution >= 0.6 is 22.7 Å². The SMILES string of the molecule is O=C(NCCCc1nc2c(s1)CCCC2)c1sccc1-c1ccccc1. The minimum Gasteiger partial charge on any atom is -0.351 e. The normalized spacial score (nSPS) is 13.4. The van der Waals surface area contributed by atoms with Crippen LogP contribution in [0.1, 0.15) is 44.5 Å². The Morgan fingerprint density at radius 3 is 2.81 bits per heavy atom. The first-order valence-corrected chi connectivity index (χ1v) is 10.9. The molecular formula is C21H22N2OS2. The maximum Gasteiger partial charge on any atom is 0.261 e. The number of thiophene rings is 1. The summed E-state index contributed by atoms with van der Waals surface area (Å²) < 4.78 is 0. The number of fused-ring (bicyclic) bond motifs is 1. The zero-order valence-corrected chi connectivity index (χ0v) is 16.3. The summed E-state index contributed by atoms with van der Waals surface area (Å²) in [6, 6.07) is 12.1. The Morgan fingerprint density at radius 2 is 1.96 bits per heavy atom. The summed E-state index contributed by atoms with van der Waals surface area (Å²) in [5.74, 6) is 0.0253. The average Bonchev–Trinajstić information content (AvgIpc) is 3.32. The highest BCUT2D eigenvalue weighted by atomic mass is 32.1. The van der Waals surface area contributed by atoms with Gasteiger partial charge in [0, 0.05) is 23.4 Å². The van der Waals surface area contributed by atoms with Gasteiger partial charge >= 0.3 is 0 Å². The number of thiazole rings is 1. The van der Waals surface area contributed by atoms with Gasteiger partial charge in [0.25, 0.3) is 5.91 Å². The second-order valence-corrected chi connectivity index (χ2v) is 8.66. The van der Waals surface area contributed by atoms with Crippen LogP contribution in [0.3, 0.4) is 0 Å². The van der Waals surface area contributed by atoms with Gasteiger partial charge in [-0.1, -0.05) is 30.3 Å². The summed E-state index contributed by atoms with van der Waals surface area (Å²) in [7, 11) is 0. The number of benzene rings is 1. The first-order chi connectivity index (χ1) is 12.8. The number of aromatic nitrogens is 1. The molecular weight excluding hydrogens is 360 g/mol. The maximum atomic E-state index is 12.6. The van der Waals surface area contributed by atoms with Crippen LogP contribution in [0.25, 0.3) is 11.1 Å². The smallest absolute Gasteiger partial charge is 0.261 e. The summed E-state index contributed by atoms with van der Waals surface area (Å²) in [5.41, 5.74) is 3.43. The number of carbonyl (C=O) groups is 1. The van der Waals surface area contributed by atoms with Crippen LogP contribution in [-0.2, 0) is 19.3 Å². The number of nitrogens with one attached hydrogen (secondary N) is 1. The summed E-state index contributed by atoms with van der Waals surface area (Å²) >= 11 is 3.37. The number of carbonyl (C=O) groups excluding carboxylic acids is 1. The molecule has 3 aromatic rings. The molecule has 1 amide bonds. The first kappa shape index (κ1) is 17.4. The molecule has 0 bridgehead atoms. The van der Waals surface area contributed by atoms with E-state index in [4.69, 9.17) is 4.98 Å². The fraction of sp³-hybridized carbons (Fsp3) is 0.333. The van der Waals surface area contributed by atoms with Crippen LogP contribution in [0.4, 0.5) is 0 Å². The Labute approximate surface area is 162 Å². The average molecular weight is 383 g/mol. The Kier molecular flexibility index (Phi) is 5.46. The van der Waals surface area contributed by atoms with Crippen LogP contribution in [0.2, 0.25) is 0 Å². The zero-order chi connectivity index (χ0) is 17.8. The number of amides is 1. The molecule has 0 saturated carbocycles. The summed E-state index contributed by atoms with van der Waals surface area (Å²) in [5, 5.41) is 6.29. The van der Waals surface area contributed by atoms with E-state index in [1.165, 1.54) is 46.2 Å². The van der Waals surface area contributed by atoms with Gasteiger partial charge in [-0.25, -0.2) is 4.98 Å². The van der Waals surface area contributed by atoms with E-state index in [2.05, 4.69) is 5.32 Å². The van der Waals surface area contributed by atoms with E-state index in [1.807, 2.05) is 53.1 Å². The highest BCUT2D eigenvalue weighted by molar-refractivity contribution is 7.12. The number of rotatable bonds is 6. The molecule has 0 fully saturated rings. The van der Waals surface area contributed by atoms with E-state index in [0.29, 0.717) is 6.54 Å². The fourth-order valence-electron chi connectivity index (χ4n) is 3.36. The lowest BCUT2D eigenvalue weighted by atomic mass is 10.0. The van der Waals surface area contributed by atoms with Crippen molar-refractivity contribution in [3.63, 3.8) is 0 Å². The van der Waals surface area contributed by atoms with Crippen molar-refractivity contribution in [2.24, 2.45) is 0 Å². The first-order valence-electron chi connectivity index (χ1n) is 9.20. The van der Waals surface area contributed by atoms with Crippen LogP contribution < -0.4 is 5.32 Å². The molecule has 1 aliphatic rings. The van der Waals surface area contributed by atoms with Gasteiger partial charge in [0.15, 0.2) is 0 Å². The summed E-state index contributed by atoms with van der Waals surface area (Å²) in [6.45, 7) is 0.690. The number of aryl methyl sites for hydroxylation is 3. The highest BCUT2D eigenvalue weighted by Gasteiger charge is 2.16. The number of hydrogen-bond acceptors (Lipinski definition) is 4. The topological polar surface area (TPSA) is 42.0 Å². The fourth-order valence-corrected chi connectivity index (χ4v) is 5.40. The second kappa shape index (κ2) is 8.14. The van der Waals surface area contributed by atoms with E-state index < -0.39 is 0 Å². The monoisotopic (exact) mass is 382 g/mol. The van der Waals surface area contributed by atoms with E-state index >= 15 is 0 Å². The molecule has 5 heteroatoms. The molecule has 26 heavy (non-hydrogen) atoms. The Balaban J connectivity index is 1.31. The summed E-state index contributed by atoms with van der Waals surface area (Å²) in [6.07, 6.45) is 6.80. The van der Waals surface area contributed by atoms with Gasteiger partial charge in [0.2, 0.25) is 0 Å². The third-order valence-corrected chi connectivity index (χ3v) is 6.83. The van der Waals surface area contributed by atoms with Gasteiger partial charge in [-0.2, -0.15) is 0 Å². The molecule has 4 rings (SSSR count). The quantitative estimate of drug-likeness (QED) is 0.602. The molecule has 1 aliphatic carbocycles. The molecule has 3 nitrogen and oxygen atoms in total. The third-order valence-electron chi connectivity index (χ3n) is 4.70. The molecule has 0 spiro atoms. The second-order valence-electron chi connectivity index (χ2n) is 6.57. The molecule has 134 valence electrons. The molecule has 2 aromatic heterocycles. The van der Waals surface area contributed by atoms with Crippen molar-refractivity contribution in [2.45, 2.75) is 38.5 Å². The van der Waals surface area contributed by atoms with Crippen LogP contribution in [-0.4, -0.2) is 17.4 Å². The Bertz CT molecular complexity index is 859. The van der Waals surface area contributed by atoms with Crippen molar-refractivity contribution in [2.75, 3.05) is 6.54 Å². The Morgan fingerprint density at radius 1 is 1.12 bits per heavy atom. The molecule has 0 radical (unpaired) electrons. The number of nitrogens with zero attached hydrogens (tertiary/aromatic N) is 1. The predicted molar refractivity (Wildman–Crippen MR) is 109 cm³/mol. The Hall–Kier alpha value is -1.98. The molecule has 1 N–H and O–H groups in total. The zero-order valence-electron chi connectivity index (χ0n) is 14.7. The maximum absolute atomic E-state index is 12.6. The molecule has 1 aromatic carbocycles. The van der Waals surface area contributed by atoms with Gasteiger partial charge < -0.3 is 5.32 Å². The molecule has 0 aliphatic heterocycles. The third kappa shape index (κ3) is 3.89. The molecule has 0 atom stereocenters. The minimum atomic E-state index is 0.0253. The molecule has 0 saturated heterocycles. The van der Waals surface area contributed by atoms with E-state index in [1.54, 1.807) is 0 Å². The molecule has 0 unspecified atom stereocenters. The van der Waals surface area contributed by atoms with Gasteiger partial charge in [0.05, 0.1) is 15.6 Å². The van der Waals surface area contributed by atoms with Crippen LogP contribution in [0, 0.1) is 0 Å². The number of hydrogen-bond donors (Lipinski definition) is 1. The molecule has 2 heterocycles. The minimum absolute atomic E-state index is 0.0253. The van der Waals surface area contributed by atoms with E-state index in [9.17, 15) is 4.79 Å². The predicted octanol–water partition coefficient (Wildman–Crippen LogP) is 5.11. The van der Waals surface area contributed by atoms with E-state index in [0.717, 1.165) is 35.3 Å². The van der Waals surface area contributed by atoms with Crippen molar-refractivity contribution in [3.8, 4) is 11.1 Å². The highest BCUT2D eigenvalue weighted by Crippen LogP contribution is 2.28. The summed E-state index contributed by atoms with van der Waals surface area (Å²) in [4.78, 5) is 19.6. The largest absolute Gasteiger partial charge is 0.351 e.